The Morgan fingerprint density at radius 2 is 1.77 bits per heavy atom. The Morgan fingerprint density at radius 1 is 1.03 bits per heavy atom. The van der Waals surface area contributed by atoms with E-state index in [1.165, 1.54) is 16.7 Å². The van der Waals surface area contributed by atoms with Gasteiger partial charge in [0.1, 0.15) is 4.32 Å². The van der Waals surface area contributed by atoms with Gasteiger partial charge in [0, 0.05) is 13.0 Å². The van der Waals surface area contributed by atoms with Crippen molar-refractivity contribution in [2.75, 3.05) is 6.54 Å². The van der Waals surface area contributed by atoms with E-state index in [1.54, 1.807) is 12.1 Å². The monoisotopic (exact) mass is 441 g/mol. The number of thioether (sulfide) groups is 1. The highest BCUT2D eigenvalue weighted by atomic mass is 32.2. The summed E-state index contributed by atoms with van der Waals surface area (Å²) in [5.41, 5.74) is 3.44. The van der Waals surface area contributed by atoms with Gasteiger partial charge in [-0.25, -0.2) is 0 Å². The fraction of sp³-hybridized carbons (Fsp3) is 0.182. The molecule has 2 aromatic rings. The summed E-state index contributed by atoms with van der Waals surface area (Å²) in [5, 5.41) is 17.7. The third-order valence-corrected chi connectivity index (χ3v) is 5.85. The van der Waals surface area contributed by atoms with Crippen LogP contribution in [0.3, 0.4) is 0 Å². The molecule has 0 unspecified atom stereocenters. The normalized spacial score (nSPS) is 15.1. The van der Waals surface area contributed by atoms with E-state index in [9.17, 15) is 14.4 Å². The van der Waals surface area contributed by atoms with Crippen LogP contribution in [0.15, 0.2) is 53.4 Å². The molecule has 1 aliphatic rings. The second kappa shape index (κ2) is 9.69. The summed E-state index contributed by atoms with van der Waals surface area (Å²) in [5.74, 6) is -1.98. The molecule has 0 saturated carbocycles. The molecule has 2 N–H and O–H groups in total. The standard InChI is InChI=1S/C22H19NO5S2/c24-19(25)5-2-10-23-21(28)18(30-22(23)29)12-14-6-8-16(9-7-14)17-4-1-3-15(11-17)13-20(26)27/h1,3-4,6-9,11-12H,2,5,10,13H2,(H,24,25)(H,26,27). The van der Waals surface area contributed by atoms with E-state index in [1.807, 2.05) is 42.5 Å². The number of carboxylic acid groups (broad SMARTS) is 2. The smallest absolute Gasteiger partial charge is 0.307 e. The number of carbonyl (C=O) groups is 3. The molecule has 0 bridgehead atoms. The molecule has 1 heterocycles. The van der Waals surface area contributed by atoms with Crippen LogP contribution < -0.4 is 0 Å². The molecule has 1 aliphatic heterocycles. The molecule has 30 heavy (non-hydrogen) atoms. The average Bonchev–Trinajstić information content (AvgIpc) is 2.95. The van der Waals surface area contributed by atoms with E-state index in [0.717, 1.165) is 22.3 Å². The number of benzene rings is 2. The van der Waals surface area contributed by atoms with Crippen molar-refractivity contribution in [2.45, 2.75) is 19.3 Å². The zero-order chi connectivity index (χ0) is 21.7. The Morgan fingerprint density at radius 3 is 2.43 bits per heavy atom. The predicted octanol–water partition coefficient (Wildman–Crippen LogP) is 4.05. The van der Waals surface area contributed by atoms with Gasteiger partial charge < -0.3 is 10.2 Å². The average molecular weight is 442 g/mol. The molecule has 8 heteroatoms. The minimum absolute atomic E-state index is 0.00870. The van der Waals surface area contributed by atoms with Gasteiger partial charge in [0.25, 0.3) is 5.91 Å². The number of aliphatic carboxylic acids is 2. The number of hydrogen-bond donors (Lipinski definition) is 2. The van der Waals surface area contributed by atoms with Gasteiger partial charge in [-0.1, -0.05) is 72.5 Å². The topological polar surface area (TPSA) is 94.9 Å². The van der Waals surface area contributed by atoms with Crippen molar-refractivity contribution in [3.8, 4) is 11.1 Å². The van der Waals surface area contributed by atoms with Crippen molar-refractivity contribution < 1.29 is 24.6 Å². The Balaban J connectivity index is 1.71. The lowest BCUT2D eigenvalue weighted by atomic mass is 10.0. The van der Waals surface area contributed by atoms with Gasteiger partial charge in [-0.15, -0.1) is 0 Å². The van der Waals surface area contributed by atoms with Gasteiger partial charge in [-0.2, -0.15) is 0 Å². The van der Waals surface area contributed by atoms with E-state index in [2.05, 4.69) is 0 Å². The molecule has 0 aromatic heterocycles. The van der Waals surface area contributed by atoms with Crippen molar-refractivity contribution >= 4 is 52.2 Å². The van der Waals surface area contributed by atoms with Gasteiger partial charge in [-0.3, -0.25) is 19.3 Å². The zero-order valence-electron chi connectivity index (χ0n) is 15.9. The molecule has 1 fully saturated rings. The van der Waals surface area contributed by atoms with Crippen LogP contribution in [0.2, 0.25) is 0 Å². The van der Waals surface area contributed by atoms with Crippen LogP contribution in [0.4, 0.5) is 0 Å². The summed E-state index contributed by atoms with van der Waals surface area (Å²) in [6, 6.07) is 15.0. The lowest BCUT2D eigenvalue weighted by Crippen LogP contribution is -2.29. The van der Waals surface area contributed by atoms with Crippen molar-refractivity contribution in [1.29, 1.82) is 0 Å². The van der Waals surface area contributed by atoms with Crippen molar-refractivity contribution in [3.05, 3.63) is 64.6 Å². The minimum Gasteiger partial charge on any atom is -0.481 e. The van der Waals surface area contributed by atoms with E-state index in [4.69, 9.17) is 22.4 Å². The first-order valence-corrected chi connectivity index (χ1v) is 10.4. The number of amides is 1. The quantitative estimate of drug-likeness (QED) is 0.471. The van der Waals surface area contributed by atoms with E-state index in [0.29, 0.717) is 22.2 Å². The Labute approximate surface area is 183 Å². The number of carbonyl (C=O) groups excluding carboxylic acids is 1. The van der Waals surface area contributed by atoms with Crippen molar-refractivity contribution in [3.63, 3.8) is 0 Å². The minimum atomic E-state index is -0.899. The maximum atomic E-state index is 12.6. The van der Waals surface area contributed by atoms with Crippen LogP contribution in [0.5, 0.6) is 0 Å². The van der Waals surface area contributed by atoms with Crippen LogP contribution >= 0.6 is 24.0 Å². The molecule has 154 valence electrons. The maximum absolute atomic E-state index is 12.6. The van der Waals surface area contributed by atoms with Crippen LogP contribution in [0, 0.1) is 0 Å². The first-order chi connectivity index (χ1) is 14.3. The second-order valence-corrected chi connectivity index (χ2v) is 8.40. The molecular weight excluding hydrogens is 422 g/mol. The Hall–Kier alpha value is -2.97. The molecule has 0 radical (unpaired) electrons. The summed E-state index contributed by atoms with van der Waals surface area (Å²) < 4.78 is 0.434. The molecule has 1 amide bonds. The summed E-state index contributed by atoms with van der Waals surface area (Å²) >= 11 is 6.46. The van der Waals surface area contributed by atoms with Crippen molar-refractivity contribution in [1.82, 2.24) is 4.90 Å². The van der Waals surface area contributed by atoms with E-state index < -0.39 is 11.9 Å². The van der Waals surface area contributed by atoms with Gasteiger partial charge >= 0.3 is 11.9 Å². The number of carboxylic acids is 2. The maximum Gasteiger partial charge on any atom is 0.307 e. The zero-order valence-corrected chi connectivity index (χ0v) is 17.5. The van der Waals surface area contributed by atoms with E-state index >= 15 is 0 Å². The van der Waals surface area contributed by atoms with E-state index in [-0.39, 0.29) is 18.7 Å². The lowest BCUT2D eigenvalue weighted by Gasteiger charge is -2.13. The highest BCUT2D eigenvalue weighted by Crippen LogP contribution is 2.33. The first-order valence-electron chi connectivity index (χ1n) is 9.22. The summed E-state index contributed by atoms with van der Waals surface area (Å²) in [6.45, 7) is 0.292. The molecule has 0 spiro atoms. The van der Waals surface area contributed by atoms with Crippen molar-refractivity contribution in [2.24, 2.45) is 0 Å². The van der Waals surface area contributed by atoms with Gasteiger partial charge in [-0.05, 0) is 34.8 Å². The molecule has 1 saturated heterocycles. The van der Waals surface area contributed by atoms with Crippen LogP contribution in [0.1, 0.15) is 24.0 Å². The summed E-state index contributed by atoms with van der Waals surface area (Å²) in [6.07, 6.45) is 2.08. The second-order valence-electron chi connectivity index (χ2n) is 6.72. The SMILES string of the molecule is O=C(O)CCCN1C(=O)C(=Cc2ccc(-c3cccc(CC(=O)O)c3)cc2)SC1=S. The molecule has 0 atom stereocenters. The molecule has 0 aliphatic carbocycles. The number of nitrogens with zero attached hydrogens (tertiary/aromatic N) is 1. The largest absolute Gasteiger partial charge is 0.481 e. The number of thiocarbonyl (C=S) groups is 1. The van der Waals surface area contributed by atoms with Gasteiger partial charge in [0.15, 0.2) is 0 Å². The lowest BCUT2D eigenvalue weighted by molar-refractivity contribution is -0.137. The van der Waals surface area contributed by atoms with Gasteiger partial charge in [0.2, 0.25) is 0 Å². The van der Waals surface area contributed by atoms with Crippen LogP contribution in [-0.2, 0) is 20.8 Å². The van der Waals surface area contributed by atoms with Crippen LogP contribution in [0.25, 0.3) is 17.2 Å². The Bertz CT molecular complexity index is 1030. The molecule has 6 nitrogen and oxygen atoms in total. The molecule has 2 aromatic carbocycles. The number of rotatable bonds is 8. The third-order valence-electron chi connectivity index (χ3n) is 4.47. The molecule has 3 rings (SSSR count). The predicted molar refractivity (Wildman–Crippen MR) is 120 cm³/mol. The fourth-order valence-electron chi connectivity index (χ4n) is 3.04. The highest BCUT2D eigenvalue weighted by molar-refractivity contribution is 8.26. The highest BCUT2D eigenvalue weighted by Gasteiger charge is 2.31. The molecular formula is C22H19NO5S2. The summed E-state index contributed by atoms with van der Waals surface area (Å²) in [4.78, 5) is 36.1. The van der Waals surface area contributed by atoms with Gasteiger partial charge in [0.05, 0.1) is 11.3 Å². The first kappa shape index (κ1) is 21.7. The fourth-order valence-corrected chi connectivity index (χ4v) is 4.35. The summed E-state index contributed by atoms with van der Waals surface area (Å²) in [7, 11) is 0. The number of hydrogen-bond acceptors (Lipinski definition) is 5. The van der Waals surface area contributed by atoms with Crippen LogP contribution in [-0.4, -0.2) is 43.8 Å². The third kappa shape index (κ3) is 5.55. The Kier molecular flexibility index (Phi) is 7.02.